The number of nitrogens with one attached hydrogen (secondary N) is 1. The number of hydrogen-bond donors (Lipinski definition) is 5. The molecule has 16 heavy (non-hydrogen) atoms. The summed E-state index contributed by atoms with van der Waals surface area (Å²) in [4.78, 5) is 25.3. The summed E-state index contributed by atoms with van der Waals surface area (Å²) < 4.78 is 28.6. The fourth-order valence-corrected chi connectivity index (χ4v) is 2.04. The lowest BCUT2D eigenvalue weighted by Gasteiger charge is -2.12. The Labute approximate surface area is 91.5 Å². The van der Waals surface area contributed by atoms with Crippen molar-refractivity contribution < 1.29 is 37.9 Å². The molecule has 0 aromatic carbocycles. The minimum Gasteiger partial charge on any atom is -0.392 e. The Morgan fingerprint density at radius 1 is 1.38 bits per heavy atom. The maximum absolute atomic E-state index is 10.9. The molecule has 0 fully saturated rings. The minimum atomic E-state index is -5.10. The summed E-state index contributed by atoms with van der Waals surface area (Å²) in [6, 6.07) is 0. The Bertz CT molecular complexity index is 335. The molecule has 0 aliphatic rings. The molecule has 0 heterocycles. The first-order chi connectivity index (χ1) is 7.16. The zero-order valence-corrected chi connectivity index (χ0v) is 10.1. The molecular formula is C5H13NO8P2. The fourth-order valence-electron chi connectivity index (χ4n) is 0.607. The highest BCUT2D eigenvalue weighted by atomic mass is 31.3. The van der Waals surface area contributed by atoms with Gasteiger partial charge < -0.3 is 19.8 Å². The first kappa shape index (κ1) is 15.9. The Balaban J connectivity index is 4.06. The molecule has 0 radical (unpaired) electrons. The average molecular weight is 277 g/mol. The summed E-state index contributed by atoms with van der Waals surface area (Å²) in [5.74, 6) is 0. The smallest absolute Gasteiger partial charge is 0.392 e. The number of hydroxylamine groups is 1. The van der Waals surface area contributed by atoms with Crippen molar-refractivity contribution in [3.8, 4) is 0 Å². The highest BCUT2D eigenvalue weighted by molar-refractivity contribution is 7.60. The molecule has 0 spiro atoms. The number of phosphoric acid groups is 2. The van der Waals surface area contributed by atoms with Gasteiger partial charge in [0.05, 0.1) is 6.61 Å². The molecule has 0 saturated heterocycles. The summed E-state index contributed by atoms with van der Waals surface area (Å²) in [5, 5.41) is 8.47. The predicted molar refractivity (Wildman–Crippen MR) is 52.9 cm³/mol. The van der Waals surface area contributed by atoms with Crippen LogP contribution in [0.1, 0.15) is 6.92 Å². The third-order valence-corrected chi connectivity index (χ3v) is 3.22. The van der Waals surface area contributed by atoms with Gasteiger partial charge in [-0.05, 0) is 6.92 Å². The molecule has 0 bridgehead atoms. The maximum atomic E-state index is 10.9. The molecule has 9 nitrogen and oxygen atoms in total. The van der Waals surface area contributed by atoms with Crippen LogP contribution >= 0.6 is 15.6 Å². The van der Waals surface area contributed by atoms with Gasteiger partial charge in [-0.25, -0.2) is 9.13 Å². The zero-order valence-electron chi connectivity index (χ0n) is 8.31. The van der Waals surface area contributed by atoms with Crippen LogP contribution < -0.4 is 5.48 Å². The average Bonchev–Trinajstić information content (AvgIpc) is 1.98. The van der Waals surface area contributed by atoms with Gasteiger partial charge in [-0.15, -0.1) is 0 Å². The van der Waals surface area contributed by atoms with Gasteiger partial charge in [0, 0.05) is 6.54 Å². The summed E-state index contributed by atoms with van der Waals surface area (Å²) in [6.45, 7) is 1.37. The van der Waals surface area contributed by atoms with Crippen molar-refractivity contribution in [1.82, 2.24) is 5.48 Å². The van der Waals surface area contributed by atoms with Gasteiger partial charge >= 0.3 is 15.6 Å². The summed E-state index contributed by atoms with van der Waals surface area (Å²) >= 11 is 0. The normalized spacial score (nSPS) is 17.2. The lowest BCUT2D eigenvalue weighted by molar-refractivity contribution is 0.124. The Morgan fingerprint density at radius 2 is 1.94 bits per heavy atom. The van der Waals surface area contributed by atoms with Gasteiger partial charge in [0.2, 0.25) is 0 Å². The molecule has 1 unspecified atom stereocenters. The van der Waals surface area contributed by atoms with E-state index in [1.165, 1.54) is 6.08 Å². The van der Waals surface area contributed by atoms with Crippen LogP contribution in [0, 0.1) is 0 Å². The van der Waals surface area contributed by atoms with Crippen molar-refractivity contribution in [3.63, 3.8) is 0 Å². The van der Waals surface area contributed by atoms with Crippen LogP contribution in [0.5, 0.6) is 0 Å². The first-order valence-corrected chi connectivity index (χ1v) is 6.96. The van der Waals surface area contributed by atoms with Crippen molar-refractivity contribution in [1.29, 1.82) is 0 Å². The molecule has 1 atom stereocenters. The highest BCUT2D eigenvalue weighted by Crippen LogP contribution is 2.56. The number of aliphatic hydroxyl groups is 1. The summed E-state index contributed by atoms with van der Waals surface area (Å²) in [5.41, 5.74) is 2.57. The van der Waals surface area contributed by atoms with Crippen LogP contribution in [0.25, 0.3) is 0 Å². The second kappa shape index (κ2) is 6.61. The van der Waals surface area contributed by atoms with Gasteiger partial charge in [-0.1, -0.05) is 11.6 Å². The first-order valence-electron chi connectivity index (χ1n) is 3.94. The number of rotatable bonds is 7. The van der Waals surface area contributed by atoms with Gasteiger partial charge in [-0.3, -0.25) is 0 Å². The molecule has 0 rings (SSSR count). The molecule has 0 aromatic rings. The van der Waals surface area contributed by atoms with Crippen molar-refractivity contribution >= 4 is 15.6 Å². The lowest BCUT2D eigenvalue weighted by atomic mass is 10.3. The topological polar surface area (TPSA) is 146 Å². The Morgan fingerprint density at radius 3 is 2.38 bits per heavy atom. The van der Waals surface area contributed by atoms with E-state index in [9.17, 15) is 9.13 Å². The Kier molecular flexibility index (Phi) is 6.57. The lowest BCUT2D eigenvalue weighted by Crippen LogP contribution is -2.16. The monoisotopic (exact) mass is 277 g/mol. The van der Waals surface area contributed by atoms with Gasteiger partial charge in [-0.2, -0.15) is 14.4 Å². The van der Waals surface area contributed by atoms with Gasteiger partial charge in [0.25, 0.3) is 0 Å². The molecule has 0 saturated carbocycles. The van der Waals surface area contributed by atoms with E-state index in [0.29, 0.717) is 5.57 Å². The Hall–Kier alpha value is -0.0800. The number of aliphatic hydroxyl groups excluding tert-OH is 1. The SMILES string of the molecule is C/C(=C\CO)CNOP(=O)(O)OP(=O)(O)O. The highest BCUT2D eigenvalue weighted by Gasteiger charge is 2.32. The maximum Gasteiger partial charge on any atom is 0.497 e. The van der Waals surface area contributed by atoms with E-state index < -0.39 is 15.6 Å². The van der Waals surface area contributed by atoms with Gasteiger partial charge in [0.1, 0.15) is 0 Å². The van der Waals surface area contributed by atoms with E-state index in [1.54, 1.807) is 6.92 Å². The van der Waals surface area contributed by atoms with Crippen molar-refractivity contribution in [2.75, 3.05) is 13.2 Å². The third-order valence-electron chi connectivity index (χ3n) is 1.18. The minimum absolute atomic E-state index is 0.0182. The third kappa shape index (κ3) is 9.17. The molecule has 0 amide bonds. The van der Waals surface area contributed by atoms with E-state index in [1.807, 2.05) is 5.48 Å². The fraction of sp³-hybridized carbons (Fsp3) is 0.600. The van der Waals surface area contributed by atoms with Crippen LogP contribution in [-0.4, -0.2) is 32.9 Å². The van der Waals surface area contributed by atoms with E-state index in [0.717, 1.165) is 0 Å². The molecule has 0 aliphatic carbocycles. The summed E-state index contributed by atoms with van der Waals surface area (Å²) in [7, 11) is -9.95. The molecule has 96 valence electrons. The second-order valence-electron chi connectivity index (χ2n) is 2.69. The predicted octanol–water partition coefficient (Wildman–Crippen LogP) is -0.344. The van der Waals surface area contributed by atoms with E-state index in [2.05, 4.69) is 8.94 Å². The van der Waals surface area contributed by atoms with E-state index in [4.69, 9.17) is 19.8 Å². The molecular weight excluding hydrogens is 264 g/mol. The number of hydrogen-bond acceptors (Lipinski definition) is 6. The van der Waals surface area contributed by atoms with Crippen LogP contribution in [-0.2, 0) is 18.1 Å². The van der Waals surface area contributed by atoms with E-state index >= 15 is 0 Å². The quantitative estimate of drug-likeness (QED) is 0.239. The van der Waals surface area contributed by atoms with Crippen molar-refractivity contribution in [2.24, 2.45) is 0 Å². The zero-order chi connectivity index (χ0) is 12.8. The van der Waals surface area contributed by atoms with Crippen LogP contribution in [0.3, 0.4) is 0 Å². The van der Waals surface area contributed by atoms with Gasteiger partial charge in [0.15, 0.2) is 0 Å². The molecule has 0 aliphatic heterocycles. The summed E-state index contributed by atoms with van der Waals surface area (Å²) in [6.07, 6.45) is 1.41. The largest absolute Gasteiger partial charge is 0.497 e. The van der Waals surface area contributed by atoms with Crippen molar-refractivity contribution in [2.45, 2.75) is 6.92 Å². The van der Waals surface area contributed by atoms with Crippen LogP contribution in [0.15, 0.2) is 11.6 Å². The molecule has 11 heteroatoms. The molecule has 0 aromatic heterocycles. The second-order valence-corrected chi connectivity index (χ2v) is 5.44. The van der Waals surface area contributed by atoms with Crippen molar-refractivity contribution in [3.05, 3.63) is 11.6 Å². The van der Waals surface area contributed by atoms with Crippen LogP contribution in [0.4, 0.5) is 0 Å². The standard InChI is InChI=1S/C5H13NO8P2/c1-5(2-3-7)4-6-13-16(11,12)14-15(8,9)10/h2,6-7H,3-4H2,1H3,(H,11,12)(H2,8,9,10)/b5-2+. The van der Waals surface area contributed by atoms with Crippen LogP contribution in [0.2, 0.25) is 0 Å². The van der Waals surface area contributed by atoms with E-state index in [-0.39, 0.29) is 13.2 Å². The molecule has 5 N–H and O–H groups in total.